The average Bonchev–Trinajstić information content (AvgIpc) is 2.40. The first-order chi connectivity index (χ1) is 9.06. The highest BCUT2D eigenvalue weighted by Gasteiger charge is 2.22. The summed E-state index contributed by atoms with van der Waals surface area (Å²) in [5, 5.41) is 19.0. The molecule has 0 aliphatic heterocycles. The van der Waals surface area contributed by atoms with Crippen LogP contribution in [-0.4, -0.2) is 34.3 Å². The molecule has 1 aromatic carbocycles. The zero-order valence-corrected chi connectivity index (χ0v) is 11.5. The van der Waals surface area contributed by atoms with Gasteiger partial charge < -0.3 is 15.1 Å². The zero-order chi connectivity index (χ0) is 13.8. The number of benzene rings is 1. The SMILES string of the molecule is CC1=CCC(O)CC1N(C)C=Cc1ccc(O)cc1. The van der Waals surface area contributed by atoms with Crippen LogP contribution in [0.1, 0.15) is 25.3 Å². The summed E-state index contributed by atoms with van der Waals surface area (Å²) in [4.78, 5) is 2.13. The molecule has 2 rings (SSSR count). The molecular weight excluding hydrogens is 238 g/mol. The minimum atomic E-state index is -0.238. The maximum absolute atomic E-state index is 9.74. The van der Waals surface area contributed by atoms with Crippen molar-refractivity contribution in [1.82, 2.24) is 4.90 Å². The van der Waals surface area contributed by atoms with Crippen molar-refractivity contribution in [2.24, 2.45) is 0 Å². The van der Waals surface area contributed by atoms with Crippen LogP contribution in [0, 0.1) is 0 Å². The number of phenols is 1. The van der Waals surface area contributed by atoms with Gasteiger partial charge in [-0.25, -0.2) is 0 Å². The van der Waals surface area contributed by atoms with E-state index in [1.165, 1.54) is 5.57 Å². The van der Waals surface area contributed by atoms with Gasteiger partial charge in [0, 0.05) is 7.05 Å². The number of aliphatic hydroxyl groups is 1. The first-order valence-corrected chi connectivity index (χ1v) is 6.60. The fourth-order valence-corrected chi connectivity index (χ4v) is 2.38. The van der Waals surface area contributed by atoms with Gasteiger partial charge in [-0.15, -0.1) is 0 Å². The molecule has 0 fully saturated rings. The Morgan fingerprint density at radius 1 is 1.26 bits per heavy atom. The van der Waals surface area contributed by atoms with Gasteiger partial charge in [-0.05, 0) is 49.7 Å². The maximum Gasteiger partial charge on any atom is 0.115 e. The fourth-order valence-electron chi connectivity index (χ4n) is 2.38. The lowest BCUT2D eigenvalue weighted by Gasteiger charge is -2.32. The monoisotopic (exact) mass is 259 g/mol. The van der Waals surface area contributed by atoms with E-state index in [4.69, 9.17) is 0 Å². The van der Waals surface area contributed by atoms with E-state index in [1.54, 1.807) is 12.1 Å². The van der Waals surface area contributed by atoms with Crippen molar-refractivity contribution in [2.45, 2.75) is 31.9 Å². The quantitative estimate of drug-likeness (QED) is 0.820. The van der Waals surface area contributed by atoms with Crippen LogP contribution in [0.3, 0.4) is 0 Å². The Balaban J connectivity index is 2.04. The normalized spacial score (nSPS) is 23.4. The number of aromatic hydroxyl groups is 1. The van der Waals surface area contributed by atoms with Crippen molar-refractivity contribution >= 4 is 6.08 Å². The summed E-state index contributed by atoms with van der Waals surface area (Å²) >= 11 is 0. The second-order valence-electron chi connectivity index (χ2n) is 5.16. The van der Waals surface area contributed by atoms with Crippen LogP contribution in [-0.2, 0) is 0 Å². The minimum absolute atomic E-state index is 0.238. The van der Waals surface area contributed by atoms with Crippen LogP contribution < -0.4 is 0 Å². The molecule has 19 heavy (non-hydrogen) atoms. The number of phenolic OH excluding ortho intramolecular Hbond substituents is 1. The summed E-state index contributed by atoms with van der Waals surface area (Å²) in [5.41, 5.74) is 2.35. The van der Waals surface area contributed by atoms with Crippen molar-refractivity contribution in [3.05, 3.63) is 47.7 Å². The molecule has 0 aromatic heterocycles. The Hall–Kier alpha value is -1.74. The minimum Gasteiger partial charge on any atom is -0.508 e. The van der Waals surface area contributed by atoms with Crippen LogP contribution in [0.2, 0.25) is 0 Å². The van der Waals surface area contributed by atoms with E-state index in [0.717, 1.165) is 18.4 Å². The van der Waals surface area contributed by atoms with Gasteiger partial charge in [-0.3, -0.25) is 0 Å². The molecule has 1 aliphatic carbocycles. The Bertz CT molecular complexity index is 476. The third-order valence-corrected chi connectivity index (χ3v) is 3.62. The van der Waals surface area contributed by atoms with E-state index in [1.807, 2.05) is 31.5 Å². The van der Waals surface area contributed by atoms with Gasteiger partial charge in [-0.1, -0.05) is 23.8 Å². The highest BCUT2D eigenvalue weighted by Crippen LogP contribution is 2.23. The number of hydrogen-bond acceptors (Lipinski definition) is 3. The molecule has 2 atom stereocenters. The van der Waals surface area contributed by atoms with E-state index in [0.29, 0.717) is 0 Å². The van der Waals surface area contributed by atoms with Crippen LogP contribution in [0.4, 0.5) is 0 Å². The predicted octanol–water partition coefficient (Wildman–Crippen LogP) is 2.76. The summed E-state index contributed by atoms with van der Waals surface area (Å²) in [6.45, 7) is 2.11. The van der Waals surface area contributed by atoms with Crippen LogP contribution in [0.15, 0.2) is 42.1 Å². The van der Waals surface area contributed by atoms with E-state index in [2.05, 4.69) is 17.9 Å². The highest BCUT2D eigenvalue weighted by molar-refractivity contribution is 5.50. The molecule has 0 amide bonds. The molecule has 0 radical (unpaired) electrons. The summed E-state index contributed by atoms with van der Waals surface area (Å²) in [5.74, 6) is 0.277. The molecule has 0 bridgehead atoms. The molecular formula is C16H21NO2. The lowest BCUT2D eigenvalue weighted by Crippen LogP contribution is -2.34. The first kappa shape index (κ1) is 13.7. The topological polar surface area (TPSA) is 43.7 Å². The van der Waals surface area contributed by atoms with Crippen LogP contribution >= 0.6 is 0 Å². The molecule has 2 unspecified atom stereocenters. The zero-order valence-electron chi connectivity index (χ0n) is 11.5. The average molecular weight is 259 g/mol. The third kappa shape index (κ3) is 3.61. The molecule has 102 valence electrons. The number of likely N-dealkylation sites (N-methyl/N-ethyl adjacent to an activating group) is 1. The molecule has 0 saturated heterocycles. The Labute approximate surface area is 114 Å². The summed E-state index contributed by atoms with van der Waals surface area (Å²) in [7, 11) is 2.02. The Kier molecular flexibility index (Phi) is 4.27. The molecule has 2 N–H and O–H groups in total. The van der Waals surface area contributed by atoms with E-state index in [9.17, 15) is 10.2 Å². The molecule has 3 nitrogen and oxygen atoms in total. The summed E-state index contributed by atoms with van der Waals surface area (Å²) in [6.07, 6.45) is 7.44. The summed E-state index contributed by atoms with van der Waals surface area (Å²) in [6, 6.07) is 7.36. The van der Waals surface area contributed by atoms with Crippen molar-refractivity contribution in [3.8, 4) is 5.75 Å². The number of aliphatic hydroxyl groups excluding tert-OH is 1. The van der Waals surface area contributed by atoms with Crippen molar-refractivity contribution < 1.29 is 10.2 Å². The molecule has 0 saturated carbocycles. The summed E-state index contributed by atoms with van der Waals surface area (Å²) < 4.78 is 0. The van der Waals surface area contributed by atoms with Gasteiger partial charge in [0.15, 0.2) is 0 Å². The van der Waals surface area contributed by atoms with Gasteiger partial charge in [0.1, 0.15) is 5.75 Å². The van der Waals surface area contributed by atoms with Crippen LogP contribution in [0.25, 0.3) is 6.08 Å². The smallest absolute Gasteiger partial charge is 0.115 e. The molecule has 3 heteroatoms. The lowest BCUT2D eigenvalue weighted by atomic mass is 9.92. The molecule has 1 aliphatic rings. The first-order valence-electron chi connectivity index (χ1n) is 6.60. The van der Waals surface area contributed by atoms with Gasteiger partial charge in [0.2, 0.25) is 0 Å². The highest BCUT2D eigenvalue weighted by atomic mass is 16.3. The lowest BCUT2D eigenvalue weighted by molar-refractivity contribution is 0.132. The molecule has 1 aromatic rings. The molecule has 0 spiro atoms. The standard InChI is InChI=1S/C16H21NO2/c1-12-3-6-15(19)11-16(12)17(2)10-9-13-4-7-14(18)8-5-13/h3-5,7-10,15-16,18-19H,6,11H2,1-2H3. The largest absolute Gasteiger partial charge is 0.508 e. The predicted molar refractivity (Wildman–Crippen MR) is 77.7 cm³/mol. The van der Waals surface area contributed by atoms with Crippen molar-refractivity contribution in [1.29, 1.82) is 0 Å². The second kappa shape index (κ2) is 5.93. The number of hydrogen-bond donors (Lipinski definition) is 2. The second-order valence-corrected chi connectivity index (χ2v) is 5.16. The van der Waals surface area contributed by atoms with Crippen LogP contribution in [0.5, 0.6) is 5.75 Å². The van der Waals surface area contributed by atoms with Gasteiger partial charge in [0.25, 0.3) is 0 Å². The number of nitrogens with zero attached hydrogens (tertiary/aromatic N) is 1. The van der Waals surface area contributed by atoms with Crippen molar-refractivity contribution in [2.75, 3.05) is 7.05 Å². The Morgan fingerprint density at radius 3 is 2.63 bits per heavy atom. The van der Waals surface area contributed by atoms with Gasteiger partial charge >= 0.3 is 0 Å². The van der Waals surface area contributed by atoms with E-state index >= 15 is 0 Å². The molecule has 0 heterocycles. The van der Waals surface area contributed by atoms with Gasteiger partial charge in [-0.2, -0.15) is 0 Å². The fraction of sp³-hybridized carbons (Fsp3) is 0.375. The Morgan fingerprint density at radius 2 is 1.95 bits per heavy atom. The third-order valence-electron chi connectivity index (χ3n) is 3.62. The number of rotatable bonds is 3. The van der Waals surface area contributed by atoms with Gasteiger partial charge in [0.05, 0.1) is 12.1 Å². The van der Waals surface area contributed by atoms with Crippen molar-refractivity contribution in [3.63, 3.8) is 0 Å². The van der Waals surface area contributed by atoms with E-state index < -0.39 is 0 Å². The van der Waals surface area contributed by atoms with E-state index in [-0.39, 0.29) is 17.9 Å². The maximum atomic E-state index is 9.74.